The van der Waals surface area contributed by atoms with E-state index in [0.29, 0.717) is 17.7 Å². The lowest BCUT2D eigenvalue weighted by atomic mass is 10.1. The molecule has 0 heterocycles. The first-order chi connectivity index (χ1) is 9.47. The van der Waals surface area contributed by atoms with Crippen molar-refractivity contribution >= 4 is 15.9 Å². The molecule has 1 unspecified atom stereocenters. The van der Waals surface area contributed by atoms with Crippen molar-refractivity contribution in [2.45, 2.75) is 19.5 Å². The topological polar surface area (TPSA) is 32.3 Å². The molecule has 2 aromatic rings. The number of benzene rings is 2. The van der Waals surface area contributed by atoms with Crippen LogP contribution >= 0.6 is 15.9 Å². The zero-order valence-corrected chi connectivity index (χ0v) is 12.4. The van der Waals surface area contributed by atoms with Crippen LogP contribution in [-0.2, 0) is 6.54 Å². The summed E-state index contributed by atoms with van der Waals surface area (Å²) in [7, 11) is 0. The van der Waals surface area contributed by atoms with Crippen molar-refractivity contribution < 1.29 is 13.9 Å². The number of aromatic hydroxyl groups is 1. The van der Waals surface area contributed by atoms with Crippen LogP contribution in [0.3, 0.4) is 0 Å². The van der Waals surface area contributed by atoms with E-state index in [-0.39, 0.29) is 17.6 Å². The first-order valence-electron chi connectivity index (χ1n) is 6.13. The molecule has 0 fully saturated rings. The standard InChI is InChI=1S/C15H14BrF2NO/c1-9(13-4-3-12(17)7-15(13)20)19-8-10-6-11(16)2-5-14(10)18/h2-7,9,19-20H,8H2,1H3. The van der Waals surface area contributed by atoms with Crippen LogP contribution in [0.2, 0.25) is 0 Å². The van der Waals surface area contributed by atoms with Gasteiger partial charge in [-0.3, -0.25) is 0 Å². The van der Waals surface area contributed by atoms with Crippen LogP contribution < -0.4 is 5.32 Å². The van der Waals surface area contributed by atoms with Gasteiger partial charge in [0.1, 0.15) is 17.4 Å². The van der Waals surface area contributed by atoms with E-state index in [0.717, 1.165) is 10.5 Å². The highest BCUT2D eigenvalue weighted by molar-refractivity contribution is 9.10. The fourth-order valence-corrected chi connectivity index (χ4v) is 2.34. The molecular weight excluding hydrogens is 328 g/mol. The predicted octanol–water partition coefficient (Wildman–Crippen LogP) is 4.28. The summed E-state index contributed by atoms with van der Waals surface area (Å²) >= 11 is 3.29. The molecule has 0 aliphatic carbocycles. The average Bonchev–Trinajstić information content (AvgIpc) is 2.39. The van der Waals surface area contributed by atoms with Gasteiger partial charge in [0, 0.05) is 34.3 Å². The number of phenols is 1. The average molecular weight is 342 g/mol. The van der Waals surface area contributed by atoms with Crippen molar-refractivity contribution in [3.8, 4) is 5.75 Å². The Hall–Kier alpha value is -1.46. The van der Waals surface area contributed by atoms with Gasteiger partial charge in [-0.15, -0.1) is 0 Å². The normalized spacial score (nSPS) is 12.4. The molecule has 0 aliphatic rings. The third-order valence-electron chi connectivity index (χ3n) is 3.07. The minimum Gasteiger partial charge on any atom is -0.508 e. The molecule has 0 radical (unpaired) electrons. The second kappa shape index (κ2) is 6.33. The summed E-state index contributed by atoms with van der Waals surface area (Å²) in [5.41, 5.74) is 1.09. The van der Waals surface area contributed by atoms with Crippen molar-refractivity contribution in [3.05, 3.63) is 63.6 Å². The third-order valence-corrected chi connectivity index (χ3v) is 3.56. The van der Waals surface area contributed by atoms with Crippen LogP contribution in [0.25, 0.3) is 0 Å². The summed E-state index contributed by atoms with van der Waals surface area (Å²) in [5.74, 6) is -0.896. The van der Waals surface area contributed by atoms with Gasteiger partial charge >= 0.3 is 0 Å². The molecule has 2 aromatic carbocycles. The summed E-state index contributed by atoms with van der Waals surface area (Å²) in [4.78, 5) is 0. The molecular formula is C15H14BrF2NO. The Kier molecular flexibility index (Phi) is 4.73. The molecule has 0 aromatic heterocycles. The fourth-order valence-electron chi connectivity index (χ4n) is 1.93. The van der Waals surface area contributed by atoms with Crippen LogP contribution in [0.5, 0.6) is 5.75 Å². The molecule has 2 rings (SSSR count). The molecule has 2 N–H and O–H groups in total. The smallest absolute Gasteiger partial charge is 0.127 e. The van der Waals surface area contributed by atoms with Crippen molar-refractivity contribution in [1.29, 1.82) is 0 Å². The number of hydrogen-bond acceptors (Lipinski definition) is 2. The number of rotatable bonds is 4. The van der Waals surface area contributed by atoms with E-state index in [1.807, 2.05) is 6.92 Å². The molecule has 5 heteroatoms. The minimum atomic E-state index is -0.489. The third kappa shape index (κ3) is 3.55. The number of nitrogens with one attached hydrogen (secondary N) is 1. The largest absolute Gasteiger partial charge is 0.508 e. The molecule has 2 nitrogen and oxygen atoms in total. The quantitative estimate of drug-likeness (QED) is 0.869. The second-order valence-electron chi connectivity index (χ2n) is 4.54. The molecule has 0 spiro atoms. The number of halogens is 3. The van der Waals surface area contributed by atoms with Crippen molar-refractivity contribution in [2.75, 3.05) is 0 Å². The van der Waals surface area contributed by atoms with Gasteiger partial charge in [-0.05, 0) is 31.2 Å². The predicted molar refractivity (Wildman–Crippen MR) is 77.4 cm³/mol. The molecule has 0 bridgehead atoms. The maximum atomic E-state index is 13.6. The zero-order chi connectivity index (χ0) is 14.7. The minimum absolute atomic E-state index is 0.111. The van der Waals surface area contributed by atoms with Gasteiger partial charge in [-0.2, -0.15) is 0 Å². The number of phenolic OH excluding ortho intramolecular Hbond substituents is 1. The Morgan fingerprint density at radius 2 is 1.95 bits per heavy atom. The molecule has 0 amide bonds. The molecule has 0 aliphatic heterocycles. The van der Waals surface area contributed by atoms with E-state index < -0.39 is 5.82 Å². The Balaban J connectivity index is 2.08. The van der Waals surface area contributed by atoms with Gasteiger partial charge in [-0.1, -0.05) is 22.0 Å². The van der Waals surface area contributed by atoms with Gasteiger partial charge in [-0.25, -0.2) is 8.78 Å². The first kappa shape index (κ1) is 14.9. The SMILES string of the molecule is CC(NCc1cc(Br)ccc1F)c1ccc(F)cc1O. The summed E-state index contributed by atoms with van der Waals surface area (Å²) in [5, 5.41) is 12.8. The summed E-state index contributed by atoms with van der Waals surface area (Å²) < 4.78 is 27.3. The van der Waals surface area contributed by atoms with Crippen molar-refractivity contribution in [2.24, 2.45) is 0 Å². The van der Waals surface area contributed by atoms with E-state index in [4.69, 9.17) is 0 Å². The van der Waals surface area contributed by atoms with E-state index >= 15 is 0 Å². The molecule has 20 heavy (non-hydrogen) atoms. The maximum absolute atomic E-state index is 13.6. The fraction of sp³-hybridized carbons (Fsp3) is 0.200. The summed E-state index contributed by atoms with van der Waals surface area (Å²) in [6, 6.07) is 8.35. The summed E-state index contributed by atoms with van der Waals surface area (Å²) in [6.45, 7) is 2.13. The number of hydrogen-bond donors (Lipinski definition) is 2. The van der Waals surface area contributed by atoms with E-state index in [9.17, 15) is 13.9 Å². The van der Waals surface area contributed by atoms with Crippen molar-refractivity contribution in [1.82, 2.24) is 5.32 Å². The first-order valence-corrected chi connectivity index (χ1v) is 6.92. The lowest BCUT2D eigenvalue weighted by Gasteiger charge is -2.16. The van der Waals surface area contributed by atoms with Gasteiger partial charge in [0.2, 0.25) is 0 Å². The van der Waals surface area contributed by atoms with Crippen LogP contribution in [0.4, 0.5) is 8.78 Å². The Bertz CT molecular complexity index is 619. The molecule has 1 atom stereocenters. The zero-order valence-electron chi connectivity index (χ0n) is 10.8. The summed E-state index contributed by atoms with van der Waals surface area (Å²) in [6.07, 6.45) is 0. The van der Waals surface area contributed by atoms with Gasteiger partial charge < -0.3 is 10.4 Å². The van der Waals surface area contributed by atoms with Gasteiger partial charge in [0.15, 0.2) is 0 Å². The van der Waals surface area contributed by atoms with E-state index in [1.165, 1.54) is 18.2 Å². The highest BCUT2D eigenvalue weighted by atomic mass is 79.9. The molecule has 0 saturated carbocycles. The van der Waals surface area contributed by atoms with Crippen LogP contribution in [0.15, 0.2) is 40.9 Å². The van der Waals surface area contributed by atoms with E-state index in [1.54, 1.807) is 12.1 Å². The Labute approximate surface area is 124 Å². The van der Waals surface area contributed by atoms with Gasteiger partial charge in [0.05, 0.1) is 0 Å². The molecule has 106 valence electrons. The highest BCUT2D eigenvalue weighted by Crippen LogP contribution is 2.25. The second-order valence-corrected chi connectivity index (χ2v) is 5.46. The van der Waals surface area contributed by atoms with Gasteiger partial charge in [0.25, 0.3) is 0 Å². The Morgan fingerprint density at radius 1 is 1.20 bits per heavy atom. The highest BCUT2D eigenvalue weighted by Gasteiger charge is 2.12. The lowest BCUT2D eigenvalue weighted by molar-refractivity contribution is 0.445. The monoisotopic (exact) mass is 341 g/mol. The van der Waals surface area contributed by atoms with Crippen molar-refractivity contribution in [3.63, 3.8) is 0 Å². The lowest BCUT2D eigenvalue weighted by Crippen LogP contribution is -2.19. The van der Waals surface area contributed by atoms with E-state index in [2.05, 4.69) is 21.2 Å². The van der Waals surface area contributed by atoms with Crippen LogP contribution in [0.1, 0.15) is 24.1 Å². The Morgan fingerprint density at radius 3 is 2.65 bits per heavy atom. The van der Waals surface area contributed by atoms with Crippen LogP contribution in [0, 0.1) is 11.6 Å². The van der Waals surface area contributed by atoms with Crippen LogP contribution in [-0.4, -0.2) is 5.11 Å². The molecule has 0 saturated heterocycles. The maximum Gasteiger partial charge on any atom is 0.127 e.